The number of nitrogens with two attached hydrogens (primary N) is 5. The lowest BCUT2D eigenvalue weighted by Crippen LogP contribution is -2.57. The number of carboxylic acids is 1. The van der Waals surface area contributed by atoms with E-state index in [0.29, 0.717) is 51.5 Å². The van der Waals surface area contributed by atoms with Gasteiger partial charge in [-0.3, -0.25) is 29.2 Å². The molecule has 42 heavy (non-hydrogen) atoms. The van der Waals surface area contributed by atoms with Crippen LogP contribution >= 0.6 is 0 Å². The molecule has 14 N–H and O–H groups in total. The van der Waals surface area contributed by atoms with Crippen molar-refractivity contribution in [2.24, 2.45) is 38.7 Å². The Morgan fingerprint density at radius 2 is 1.31 bits per heavy atom. The van der Waals surface area contributed by atoms with Crippen LogP contribution in [0.25, 0.3) is 0 Å². The summed E-state index contributed by atoms with van der Waals surface area (Å²) >= 11 is 0. The van der Waals surface area contributed by atoms with E-state index >= 15 is 0 Å². The van der Waals surface area contributed by atoms with Gasteiger partial charge in [-0.1, -0.05) is 0 Å². The molecule has 1 heterocycles. The lowest BCUT2D eigenvalue weighted by molar-refractivity contribution is -0.149. The zero-order valence-corrected chi connectivity index (χ0v) is 24.2. The molecule has 1 saturated heterocycles. The third-order valence-corrected chi connectivity index (χ3v) is 6.60. The summed E-state index contributed by atoms with van der Waals surface area (Å²) in [5, 5.41) is 17.5. The van der Waals surface area contributed by atoms with E-state index in [4.69, 9.17) is 28.7 Å². The van der Waals surface area contributed by atoms with E-state index in [-0.39, 0.29) is 44.4 Å². The van der Waals surface area contributed by atoms with Crippen molar-refractivity contribution in [1.82, 2.24) is 20.9 Å². The first-order valence-electron chi connectivity index (χ1n) is 14.1. The average molecular weight is 598 g/mol. The normalized spacial score (nSPS) is 16.4. The quantitative estimate of drug-likeness (QED) is 0.0405. The maximum absolute atomic E-state index is 13.5. The maximum atomic E-state index is 13.5. The fraction of sp³-hybridized carbons (Fsp3) is 0.720. The van der Waals surface area contributed by atoms with Gasteiger partial charge in [0.1, 0.15) is 24.2 Å². The van der Waals surface area contributed by atoms with Crippen molar-refractivity contribution in [3.05, 3.63) is 0 Å². The standard InChI is InChI=1S/C25H47N11O6/c1-15(37)33-16(7-2-3-11-26)20(38)34-17(8-4-12-31-24(27)28)21(39)35-18(9-5-13-32-25(29)30)22(40)36-14-6-10-19(36)23(41)42/h16-19H,2-14,26H2,1H3,(H,33,37)(H,34,38)(H,35,39)(H,41,42)(H4,27,28,31)(H4,29,30,32)/t16-,17-,18-,19-/m0/s1. The van der Waals surface area contributed by atoms with Crippen LogP contribution in [0.4, 0.5) is 0 Å². The van der Waals surface area contributed by atoms with Gasteiger partial charge in [0.05, 0.1) is 0 Å². The first kappa shape index (κ1) is 35.9. The fourth-order valence-corrected chi connectivity index (χ4v) is 4.57. The van der Waals surface area contributed by atoms with Crippen LogP contribution in [-0.4, -0.2) is 102 Å². The van der Waals surface area contributed by atoms with Gasteiger partial charge < -0.3 is 54.6 Å². The van der Waals surface area contributed by atoms with Crippen LogP contribution in [0.1, 0.15) is 64.7 Å². The van der Waals surface area contributed by atoms with Crippen LogP contribution in [0.15, 0.2) is 9.98 Å². The minimum absolute atomic E-state index is 0.111. The predicted octanol–water partition coefficient (Wildman–Crippen LogP) is -3.23. The molecule has 0 aliphatic carbocycles. The van der Waals surface area contributed by atoms with Crippen LogP contribution in [0.5, 0.6) is 0 Å². The maximum Gasteiger partial charge on any atom is 0.326 e. The topological polar surface area (TPSA) is 300 Å². The van der Waals surface area contributed by atoms with Gasteiger partial charge in [0, 0.05) is 26.6 Å². The van der Waals surface area contributed by atoms with E-state index in [1.807, 2.05) is 0 Å². The summed E-state index contributed by atoms with van der Waals surface area (Å²) in [6.45, 7) is 2.30. The summed E-state index contributed by atoms with van der Waals surface area (Å²) in [5.74, 6) is -3.60. The number of aliphatic imine (C=N–C) groups is 2. The summed E-state index contributed by atoms with van der Waals surface area (Å²) in [7, 11) is 0. The van der Waals surface area contributed by atoms with Crippen molar-refractivity contribution < 1.29 is 29.1 Å². The van der Waals surface area contributed by atoms with Crippen LogP contribution < -0.4 is 44.6 Å². The van der Waals surface area contributed by atoms with Gasteiger partial charge in [-0.2, -0.15) is 0 Å². The van der Waals surface area contributed by atoms with Crippen LogP contribution in [0.3, 0.4) is 0 Å². The van der Waals surface area contributed by atoms with Crippen molar-refractivity contribution >= 4 is 41.5 Å². The summed E-state index contributed by atoms with van der Waals surface area (Å²) < 4.78 is 0. The average Bonchev–Trinajstić information content (AvgIpc) is 3.41. The highest BCUT2D eigenvalue weighted by molar-refractivity contribution is 5.95. The summed E-state index contributed by atoms with van der Waals surface area (Å²) in [5.41, 5.74) is 27.1. The van der Waals surface area contributed by atoms with Gasteiger partial charge in [-0.15, -0.1) is 0 Å². The highest BCUT2D eigenvalue weighted by Gasteiger charge is 2.38. The van der Waals surface area contributed by atoms with E-state index < -0.39 is 53.8 Å². The van der Waals surface area contributed by atoms with E-state index in [1.54, 1.807) is 0 Å². The Labute approximate surface area is 245 Å². The molecule has 1 rings (SSSR count). The van der Waals surface area contributed by atoms with Gasteiger partial charge >= 0.3 is 5.97 Å². The number of carbonyl (C=O) groups excluding carboxylic acids is 4. The number of carbonyl (C=O) groups is 5. The third-order valence-electron chi connectivity index (χ3n) is 6.60. The molecule has 17 heteroatoms. The van der Waals surface area contributed by atoms with E-state index in [0.717, 1.165) is 0 Å². The lowest BCUT2D eigenvalue weighted by atomic mass is 10.0. The third kappa shape index (κ3) is 13.5. The number of likely N-dealkylation sites (tertiary alicyclic amines) is 1. The first-order chi connectivity index (χ1) is 19.9. The van der Waals surface area contributed by atoms with Gasteiger partial charge in [-0.05, 0) is 64.3 Å². The highest BCUT2D eigenvalue weighted by atomic mass is 16.4. The van der Waals surface area contributed by atoms with E-state index in [9.17, 15) is 29.1 Å². The molecule has 0 radical (unpaired) electrons. The number of hydrogen-bond acceptors (Lipinski definition) is 8. The second-order valence-electron chi connectivity index (χ2n) is 10.1. The van der Waals surface area contributed by atoms with Gasteiger partial charge in [0.15, 0.2) is 11.9 Å². The van der Waals surface area contributed by atoms with Crippen molar-refractivity contribution in [2.75, 3.05) is 26.2 Å². The molecule has 1 fully saturated rings. The molecule has 0 spiro atoms. The molecule has 0 aromatic rings. The molecule has 0 aromatic carbocycles. The number of hydrogen-bond donors (Lipinski definition) is 9. The number of carboxylic acid groups (broad SMARTS) is 1. The Morgan fingerprint density at radius 1 is 0.810 bits per heavy atom. The van der Waals surface area contributed by atoms with Crippen molar-refractivity contribution in [1.29, 1.82) is 0 Å². The molecule has 1 aliphatic heterocycles. The minimum Gasteiger partial charge on any atom is -0.480 e. The largest absolute Gasteiger partial charge is 0.480 e. The molecule has 0 aromatic heterocycles. The summed E-state index contributed by atoms with van der Waals surface area (Å²) in [4.78, 5) is 72.6. The molecule has 0 bridgehead atoms. The number of nitrogens with one attached hydrogen (secondary N) is 3. The number of nitrogens with zero attached hydrogens (tertiary/aromatic N) is 3. The molecule has 1 aliphatic rings. The minimum atomic E-state index is -1.13. The first-order valence-corrected chi connectivity index (χ1v) is 14.1. The Morgan fingerprint density at radius 3 is 1.81 bits per heavy atom. The lowest BCUT2D eigenvalue weighted by Gasteiger charge is -2.29. The second kappa shape index (κ2) is 19.1. The molecule has 4 atom stereocenters. The van der Waals surface area contributed by atoms with Gasteiger partial charge in [0.25, 0.3) is 0 Å². The van der Waals surface area contributed by atoms with Crippen molar-refractivity contribution in [3.8, 4) is 0 Å². The zero-order chi connectivity index (χ0) is 31.7. The molecule has 238 valence electrons. The number of amides is 4. The molecular weight excluding hydrogens is 550 g/mol. The Kier molecular flexibility index (Phi) is 16.3. The number of guanidine groups is 2. The summed E-state index contributed by atoms with van der Waals surface area (Å²) in [6, 6.07) is -4.12. The Hall–Kier alpha value is -4.15. The number of rotatable bonds is 19. The molecular formula is C25H47N11O6. The highest BCUT2D eigenvalue weighted by Crippen LogP contribution is 2.20. The van der Waals surface area contributed by atoms with Crippen molar-refractivity contribution in [3.63, 3.8) is 0 Å². The van der Waals surface area contributed by atoms with E-state index in [2.05, 4.69) is 25.9 Å². The van der Waals surface area contributed by atoms with Crippen LogP contribution in [-0.2, 0) is 24.0 Å². The Bertz CT molecular complexity index is 982. The van der Waals surface area contributed by atoms with Crippen molar-refractivity contribution in [2.45, 2.75) is 88.9 Å². The molecule has 17 nitrogen and oxygen atoms in total. The summed E-state index contributed by atoms with van der Waals surface area (Å²) in [6.07, 6.45) is 3.18. The SMILES string of the molecule is CC(=O)N[C@@H](CCCCN)C(=O)N[C@@H](CCCN=C(N)N)C(=O)N[C@@H](CCCN=C(N)N)C(=O)N1CCC[C@H]1C(=O)O. The monoisotopic (exact) mass is 597 g/mol. The fourth-order valence-electron chi connectivity index (χ4n) is 4.57. The van der Waals surface area contributed by atoms with Crippen LogP contribution in [0, 0.1) is 0 Å². The number of unbranched alkanes of at least 4 members (excludes halogenated alkanes) is 1. The second-order valence-corrected chi connectivity index (χ2v) is 10.1. The predicted molar refractivity (Wildman–Crippen MR) is 157 cm³/mol. The number of aliphatic carboxylic acids is 1. The molecule has 0 saturated carbocycles. The van der Waals surface area contributed by atoms with Gasteiger partial charge in [-0.25, -0.2) is 4.79 Å². The molecule has 0 unspecified atom stereocenters. The Balaban J connectivity index is 3.17. The zero-order valence-electron chi connectivity index (χ0n) is 24.2. The van der Waals surface area contributed by atoms with Crippen LogP contribution in [0.2, 0.25) is 0 Å². The molecule has 4 amide bonds. The van der Waals surface area contributed by atoms with Gasteiger partial charge in [0.2, 0.25) is 23.6 Å². The van der Waals surface area contributed by atoms with E-state index in [1.165, 1.54) is 11.8 Å². The smallest absolute Gasteiger partial charge is 0.326 e.